The molecule has 0 radical (unpaired) electrons. The standard InChI is InChI=1S/C16H18F3N5O/c1-25-14-4-5-20-15(22-14)24-8-6-23(7-9-24)11-13-3-2-12(10-21-13)16(17,18)19/h2-5,10H,6-9,11H2,1H3. The molecule has 1 aliphatic rings. The lowest BCUT2D eigenvalue weighted by atomic mass is 10.2. The van der Waals surface area contributed by atoms with Crippen LogP contribution in [0.3, 0.4) is 0 Å². The minimum absolute atomic E-state index is 0.515. The number of alkyl halides is 3. The Bertz CT molecular complexity index is 700. The van der Waals surface area contributed by atoms with Crippen LogP contribution in [-0.2, 0) is 12.7 Å². The van der Waals surface area contributed by atoms with Crippen molar-refractivity contribution in [2.24, 2.45) is 0 Å². The molecule has 25 heavy (non-hydrogen) atoms. The number of piperazine rings is 1. The van der Waals surface area contributed by atoms with Gasteiger partial charge in [0.15, 0.2) is 0 Å². The van der Waals surface area contributed by atoms with Crippen LogP contribution >= 0.6 is 0 Å². The molecular weight excluding hydrogens is 335 g/mol. The molecule has 3 heterocycles. The van der Waals surface area contributed by atoms with Gasteiger partial charge in [-0.3, -0.25) is 9.88 Å². The summed E-state index contributed by atoms with van der Waals surface area (Å²) in [7, 11) is 1.56. The van der Waals surface area contributed by atoms with E-state index in [1.165, 1.54) is 6.07 Å². The van der Waals surface area contributed by atoms with Crippen molar-refractivity contribution in [3.05, 3.63) is 41.9 Å². The molecule has 2 aromatic heterocycles. The smallest absolute Gasteiger partial charge is 0.417 e. The molecule has 0 saturated carbocycles. The Morgan fingerprint density at radius 3 is 2.44 bits per heavy atom. The second kappa shape index (κ2) is 7.22. The number of anilines is 1. The van der Waals surface area contributed by atoms with Gasteiger partial charge in [-0.2, -0.15) is 18.2 Å². The Morgan fingerprint density at radius 1 is 1.08 bits per heavy atom. The fourth-order valence-corrected chi connectivity index (χ4v) is 2.62. The number of nitrogens with zero attached hydrogens (tertiary/aromatic N) is 5. The van der Waals surface area contributed by atoms with Crippen molar-refractivity contribution in [1.82, 2.24) is 19.9 Å². The van der Waals surface area contributed by atoms with E-state index in [4.69, 9.17) is 4.74 Å². The summed E-state index contributed by atoms with van der Waals surface area (Å²) in [6.45, 7) is 3.49. The third-order valence-electron chi connectivity index (χ3n) is 4.02. The van der Waals surface area contributed by atoms with Gasteiger partial charge in [0.05, 0.1) is 18.4 Å². The summed E-state index contributed by atoms with van der Waals surface area (Å²) in [4.78, 5) is 16.7. The zero-order valence-corrected chi connectivity index (χ0v) is 13.7. The molecular formula is C16H18F3N5O. The predicted molar refractivity (Wildman–Crippen MR) is 85.3 cm³/mol. The predicted octanol–water partition coefficient (Wildman–Crippen LogP) is 2.22. The number of halogens is 3. The van der Waals surface area contributed by atoms with E-state index in [1.807, 2.05) is 0 Å². The van der Waals surface area contributed by atoms with E-state index in [9.17, 15) is 13.2 Å². The normalized spacial score (nSPS) is 16.1. The third kappa shape index (κ3) is 4.36. The quantitative estimate of drug-likeness (QED) is 0.840. The van der Waals surface area contributed by atoms with Crippen LogP contribution in [0.1, 0.15) is 11.3 Å². The number of methoxy groups -OCH3 is 1. The van der Waals surface area contributed by atoms with Crippen LogP contribution in [0.15, 0.2) is 30.6 Å². The van der Waals surface area contributed by atoms with Crippen molar-refractivity contribution >= 4 is 5.95 Å². The van der Waals surface area contributed by atoms with E-state index in [0.29, 0.717) is 24.1 Å². The lowest BCUT2D eigenvalue weighted by Crippen LogP contribution is -2.46. The molecule has 134 valence electrons. The molecule has 9 heteroatoms. The molecule has 1 fully saturated rings. The zero-order chi connectivity index (χ0) is 17.9. The molecule has 0 aromatic carbocycles. The van der Waals surface area contributed by atoms with Crippen molar-refractivity contribution in [3.8, 4) is 5.88 Å². The van der Waals surface area contributed by atoms with Crippen molar-refractivity contribution in [3.63, 3.8) is 0 Å². The van der Waals surface area contributed by atoms with Gasteiger partial charge in [-0.05, 0) is 12.1 Å². The number of aromatic nitrogens is 3. The molecule has 1 aliphatic heterocycles. The van der Waals surface area contributed by atoms with Gasteiger partial charge in [0.2, 0.25) is 11.8 Å². The third-order valence-corrected chi connectivity index (χ3v) is 4.02. The van der Waals surface area contributed by atoms with Crippen molar-refractivity contribution < 1.29 is 17.9 Å². The maximum atomic E-state index is 12.6. The van der Waals surface area contributed by atoms with E-state index in [1.54, 1.807) is 19.4 Å². The lowest BCUT2D eigenvalue weighted by molar-refractivity contribution is -0.137. The summed E-state index contributed by atoms with van der Waals surface area (Å²) >= 11 is 0. The SMILES string of the molecule is COc1ccnc(N2CCN(Cc3ccc(C(F)(F)F)cn3)CC2)n1. The Labute approximate surface area is 143 Å². The lowest BCUT2D eigenvalue weighted by Gasteiger charge is -2.34. The average Bonchev–Trinajstić information content (AvgIpc) is 2.62. The van der Waals surface area contributed by atoms with Crippen molar-refractivity contribution in [2.45, 2.75) is 12.7 Å². The van der Waals surface area contributed by atoms with Crippen molar-refractivity contribution in [1.29, 1.82) is 0 Å². The van der Waals surface area contributed by atoms with Gasteiger partial charge in [0, 0.05) is 51.2 Å². The van der Waals surface area contributed by atoms with E-state index >= 15 is 0 Å². The molecule has 0 unspecified atom stereocenters. The molecule has 0 bridgehead atoms. The first-order chi connectivity index (χ1) is 12.0. The summed E-state index contributed by atoms with van der Waals surface area (Å²) in [5, 5.41) is 0. The minimum Gasteiger partial charge on any atom is -0.481 e. The molecule has 0 spiro atoms. The molecule has 0 aliphatic carbocycles. The maximum Gasteiger partial charge on any atom is 0.417 e. The fraction of sp³-hybridized carbons (Fsp3) is 0.438. The molecule has 6 nitrogen and oxygen atoms in total. The molecule has 1 saturated heterocycles. The van der Waals surface area contributed by atoms with Gasteiger partial charge in [-0.15, -0.1) is 0 Å². The monoisotopic (exact) mass is 353 g/mol. The molecule has 0 amide bonds. The van der Waals surface area contributed by atoms with Crippen LogP contribution in [0.2, 0.25) is 0 Å². The molecule has 3 rings (SSSR count). The Morgan fingerprint density at radius 2 is 1.84 bits per heavy atom. The number of hydrogen-bond acceptors (Lipinski definition) is 6. The number of pyridine rings is 1. The van der Waals surface area contributed by atoms with Crippen LogP contribution in [0.4, 0.5) is 19.1 Å². The van der Waals surface area contributed by atoms with E-state index < -0.39 is 11.7 Å². The first-order valence-corrected chi connectivity index (χ1v) is 7.82. The summed E-state index contributed by atoms with van der Waals surface area (Å²) in [6.07, 6.45) is -1.82. The molecule has 2 aromatic rings. The Hall–Kier alpha value is -2.42. The van der Waals surface area contributed by atoms with Gasteiger partial charge in [-0.25, -0.2) is 4.98 Å². The van der Waals surface area contributed by atoms with Gasteiger partial charge in [0.25, 0.3) is 0 Å². The highest BCUT2D eigenvalue weighted by Crippen LogP contribution is 2.28. The number of hydrogen-bond donors (Lipinski definition) is 0. The first-order valence-electron chi connectivity index (χ1n) is 7.82. The topological polar surface area (TPSA) is 54.4 Å². The van der Waals surface area contributed by atoms with Gasteiger partial charge < -0.3 is 9.64 Å². The molecule has 0 atom stereocenters. The van der Waals surface area contributed by atoms with Crippen molar-refractivity contribution in [2.75, 3.05) is 38.2 Å². The summed E-state index contributed by atoms with van der Waals surface area (Å²) in [6, 6.07) is 4.19. The van der Waals surface area contributed by atoms with Crippen LogP contribution in [0.5, 0.6) is 5.88 Å². The second-order valence-corrected chi connectivity index (χ2v) is 5.70. The van der Waals surface area contributed by atoms with E-state index in [2.05, 4.69) is 24.8 Å². The average molecular weight is 353 g/mol. The molecule has 0 N–H and O–H groups in total. The maximum absolute atomic E-state index is 12.6. The van der Waals surface area contributed by atoms with Crippen LogP contribution in [0, 0.1) is 0 Å². The summed E-state index contributed by atoms with van der Waals surface area (Å²) in [5.74, 6) is 1.13. The summed E-state index contributed by atoms with van der Waals surface area (Å²) < 4.78 is 42.8. The fourth-order valence-electron chi connectivity index (χ4n) is 2.62. The number of rotatable bonds is 4. The van der Waals surface area contributed by atoms with Gasteiger partial charge in [0.1, 0.15) is 0 Å². The Balaban J connectivity index is 1.55. The second-order valence-electron chi connectivity index (χ2n) is 5.70. The van der Waals surface area contributed by atoms with Gasteiger partial charge >= 0.3 is 6.18 Å². The van der Waals surface area contributed by atoms with E-state index in [0.717, 1.165) is 38.4 Å². The van der Waals surface area contributed by atoms with Gasteiger partial charge in [-0.1, -0.05) is 0 Å². The summed E-state index contributed by atoms with van der Waals surface area (Å²) in [5.41, 5.74) is -0.102. The minimum atomic E-state index is -4.35. The highest BCUT2D eigenvalue weighted by atomic mass is 19.4. The van der Waals surface area contributed by atoms with Crippen LogP contribution in [-0.4, -0.2) is 53.1 Å². The van der Waals surface area contributed by atoms with E-state index in [-0.39, 0.29) is 0 Å². The van der Waals surface area contributed by atoms with Crippen LogP contribution in [0.25, 0.3) is 0 Å². The highest BCUT2D eigenvalue weighted by molar-refractivity contribution is 5.32. The Kier molecular flexibility index (Phi) is 5.03. The largest absolute Gasteiger partial charge is 0.481 e. The highest BCUT2D eigenvalue weighted by Gasteiger charge is 2.30. The first kappa shape index (κ1) is 17.4. The number of ether oxygens (including phenoxy) is 1. The van der Waals surface area contributed by atoms with Crippen LogP contribution < -0.4 is 9.64 Å². The zero-order valence-electron chi connectivity index (χ0n) is 13.7.